The molecule has 0 aromatic carbocycles. The number of hydrogen-bond donors (Lipinski definition) is 1. The summed E-state index contributed by atoms with van der Waals surface area (Å²) in [6, 6.07) is 5.78. The molecule has 4 nitrogen and oxygen atoms in total. The van der Waals surface area contributed by atoms with Crippen LogP contribution in [0.4, 0.5) is 0 Å². The van der Waals surface area contributed by atoms with Crippen molar-refractivity contribution in [3.8, 4) is 0 Å². The summed E-state index contributed by atoms with van der Waals surface area (Å²) in [6.45, 7) is 0. The van der Waals surface area contributed by atoms with E-state index in [2.05, 4.69) is 4.98 Å². The highest BCUT2D eigenvalue weighted by Gasteiger charge is 2.50. The molecule has 4 heteroatoms. The number of pyridine rings is 1. The molecule has 0 unspecified atom stereocenters. The first kappa shape index (κ1) is 9.39. The molecular weight excluding hydrogens is 204 g/mol. The van der Waals surface area contributed by atoms with Crippen LogP contribution in [0.25, 0.3) is 5.65 Å². The molecule has 2 aromatic rings. The molecule has 82 valence electrons. The zero-order chi connectivity index (χ0) is 11.2. The van der Waals surface area contributed by atoms with Crippen LogP contribution in [-0.4, -0.2) is 20.5 Å². The maximum absolute atomic E-state index is 11.1. The molecule has 2 heterocycles. The number of nitrogens with zero attached hydrogens (tertiary/aromatic N) is 2. The second-order valence-corrected chi connectivity index (χ2v) is 4.44. The van der Waals surface area contributed by atoms with Gasteiger partial charge in [-0.3, -0.25) is 4.79 Å². The minimum atomic E-state index is -0.682. The first-order valence-electron chi connectivity index (χ1n) is 5.36. The third kappa shape index (κ3) is 1.30. The van der Waals surface area contributed by atoms with Crippen LogP contribution < -0.4 is 0 Å². The summed E-state index contributed by atoms with van der Waals surface area (Å²) >= 11 is 0. The average molecular weight is 216 g/mol. The number of carboxylic acid groups (broad SMARTS) is 1. The SMILES string of the molecule is O=C(O)C1(Cc2cnc3ccccn23)CC1. The van der Waals surface area contributed by atoms with Crippen LogP contribution in [-0.2, 0) is 11.2 Å². The van der Waals surface area contributed by atoms with Crippen LogP contribution in [0.5, 0.6) is 0 Å². The lowest BCUT2D eigenvalue weighted by Crippen LogP contribution is -2.18. The third-order valence-corrected chi connectivity index (χ3v) is 3.32. The van der Waals surface area contributed by atoms with Gasteiger partial charge in [0, 0.05) is 24.5 Å². The molecule has 1 aliphatic carbocycles. The average Bonchev–Trinajstić information content (AvgIpc) is 2.96. The minimum Gasteiger partial charge on any atom is -0.481 e. The summed E-state index contributed by atoms with van der Waals surface area (Å²) in [4.78, 5) is 15.4. The van der Waals surface area contributed by atoms with Gasteiger partial charge in [0.05, 0.1) is 5.41 Å². The molecule has 16 heavy (non-hydrogen) atoms. The fourth-order valence-corrected chi connectivity index (χ4v) is 2.08. The highest BCUT2D eigenvalue weighted by molar-refractivity contribution is 5.78. The van der Waals surface area contributed by atoms with Crippen LogP contribution in [0.1, 0.15) is 18.5 Å². The number of fused-ring (bicyclic) bond motifs is 1. The maximum atomic E-state index is 11.1. The van der Waals surface area contributed by atoms with Gasteiger partial charge in [-0.25, -0.2) is 4.98 Å². The van der Waals surface area contributed by atoms with Gasteiger partial charge in [-0.05, 0) is 25.0 Å². The van der Waals surface area contributed by atoms with E-state index in [0.717, 1.165) is 24.2 Å². The highest BCUT2D eigenvalue weighted by atomic mass is 16.4. The number of aromatic nitrogens is 2. The number of rotatable bonds is 3. The summed E-state index contributed by atoms with van der Waals surface area (Å²) in [5, 5.41) is 9.14. The lowest BCUT2D eigenvalue weighted by molar-refractivity contribution is -0.143. The molecule has 1 N–H and O–H groups in total. The predicted octanol–water partition coefficient (Wildman–Crippen LogP) is 1.74. The molecule has 3 rings (SSSR count). The van der Waals surface area contributed by atoms with Crippen LogP contribution in [0.3, 0.4) is 0 Å². The van der Waals surface area contributed by atoms with E-state index in [0.29, 0.717) is 6.42 Å². The summed E-state index contributed by atoms with van der Waals surface area (Å²) in [5.41, 5.74) is 1.33. The third-order valence-electron chi connectivity index (χ3n) is 3.32. The van der Waals surface area contributed by atoms with Crippen molar-refractivity contribution < 1.29 is 9.90 Å². The Morgan fingerprint density at radius 3 is 3.00 bits per heavy atom. The largest absolute Gasteiger partial charge is 0.481 e. The lowest BCUT2D eigenvalue weighted by Gasteiger charge is -2.08. The van der Waals surface area contributed by atoms with E-state index in [-0.39, 0.29) is 0 Å². The molecule has 0 bridgehead atoms. The van der Waals surface area contributed by atoms with Gasteiger partial charge >= 0.3 is 5.97 Å². The predicted molar refractivity (Wildman–Crippen MR) is 58.2 cm³/mol. The Balaban J connectivity index is 1.98. The van der Waals surface area contributed by atoms with Crippen molar-refractivity contribution in [2.75, 3.05) is 0 Å². The van der Waals surface area contributed by atoms with E-state index in [9.17, 15) is 4.79 Å². The Bertz CT molecular complexity index is 555. The van der Waals surface area contributed by atoms with Crippen molar-refractivity contribution in [3.05, 3.63) is 36.3 Å². The van der Waals surface area contributed by atoms with Crippen molar-refractivity contribution in [3.63, 3.8) is 0 Å². The van der Waals surface area contributed by atoms with Gasteiger partial charge in [0.15, 0.2) is 0 Å². The Kier molecular flexibility index (Phi) is 1.80. The van der Waals surface area contributed by atoms with Crippen molar-refractivity contribution in [1.29, 1.82) is 0 Å². The molecule has 1 aliphatic rings. The molecule has 0 radical (unpaired) electrons. The first-order chi connectivity index (χ1) is 7.71. The highest BCUT2D eigenvalue weighted by Crippen LogP contribution is 2.48. The second kappa shape index (κ2) is 3.07. The molecule has 1 fully saturated rings. The number of aliphatic carboxylic acids is 1. The van der Waals surface area contributed by atoms with E-state index in [4.69, 9.17) is 5.11 Å². The topological polar surface area (TPSA) is 54.6 Å². The molecular formula is C12H12N2O2. The molecule has 0 saturated heterocycles. The van der Waals surface area contributed by atoms with Gasteiger partial charge in [0.25, 0.3) is 0 Å². The summed E-state index contributed by atoms with van der Waals surface area (Å²) in [6.07, 6.45) is 5.84. The Morgan fingerprint density at radius 2 is 2.31 bits per heavy atom. The van der Waals surface area contributed by atoms with Crippen LogP contribution in [0.2, 0.25) is 0 Å². The van der Waals surface area contributed by atoms with E-state index in [1.165, 1.54) is 0 Å². The van der Waals surface area contributed by atoms with Crippen LogP contribution in [0.15, 0.2) is 30.6 Å². The molecule has 0 aliphatic heterocycles. The summed E-state index contributed by atoms with van der Waals surface area (Å²) in [7, 11) is 0. The van der Waals surface area contributed by atoms with Gasteiger partial charge < -0.3 is 9.51 Å². The van der Waals surface area contributed by atoms with Gasteiger partial charge in [0.1, 0.15) is 5.65 Å². The van der Waals surface area contributed by atoms with E-state index < -0.39 is 11.4 Å². The standard InChI is InChI=1S/C12H12N2O2/c15-11(16)12(4-5-12)7-9-8-13-10-3-1-2-6-14(9)10/h1-3,6,8H,4-5,7H2,(H,15,16). The molecule has 1 saturated carbocycles. The lowest BCUT2D eigenvalue weighted by atomic mass is 10.0. The zero-order valence-electron chi connectivity index (χ0n) is 8.76. The maximum Gasteiger partial charge on any atom is 0.310 e. The summed E-state index contributed by atoms with van der Waals surface area (Å²) < 4.78 is 1.96. The number of imidazole rings is 1. The molecule has 0 atom stereocenters. The number of carbonyl (C=O) groups is 1. The van der Waals surface area contributed by atoms with Crippen molar-refractivity contribution in [1.82, 2.24) is 9.38 Å². The van der Waals surface area contributed by atoms with Crippen LogP contribution >= 0.6 is 0 Å². The van der Waals surface area contributed by atoms with Gasteiger partial charge in [-0.2, -0.15) is 0 Å². The number of hydrogen-bond acceptors (Lipinski definition) is 2. The van der Waals surface area contributed by atoms with Gasteiger partial charge in [0.2, 0.25) is 0 Å². The normalized spacial score (nSPS) is 17.5. The smallest absolute Gasteiger partial charge is 0.310 e. The quantitative estimate of drug-likeness (QED) is 0.850. The summed E-state index contributed by atoms with van der Waals surface area (Å²) in [5.74, 6) is -0.682. The van der Waals surface area contributed by atoms with Crippen molar-refractivity contribution in [2.24, 2.45) is 5.41 Å². The second-order valence-electron chi connectivity index (χ2n) is 4.44. The van der Waals surface area contributed by atoms with E-state index in [1.807, 2.05) is 28.8 Å². The van der Waals surface area contributed by atoms with Gasteiger partial charge in [-0.1, -0.05) is 6.07 Å². The molecule has 0 spiro atoms. The Hall–Kier alpha value is -1.84. The number of carboxylic acids is 1. The van der Waals surface area contributed by atoms with Crippen LogP contribution in [0, 0.1) is 5.41 Å². The Labute approximate surface area is 92.5 Å². The van der Waals surface area contributed by atoms with Crippen molar-refractivity contribution >= 4 is 11.6 Å². The van der Waals surface area contributed by atoms with E-state index >= 15 is 0 Å². The van der Waals surface area contributed by atoms with E-state index in [1.54, 1.807) is 6.20 Å². The fraction of sp³-hybridized carbons (Fsp3) is 0.333. The molecule has 0 amide bonds. The Morgan fingerprint density at radius 1 is 1.50 bits per heavy atom. The fourth-order valence-electron chi connectivity index (χ4n) is 2.08. The van der Waals surface area contributed by atoms with Crippen molar-refractivity contribution in [2.45, 2.75) is 19.3 Å². The van der Waals surface area contributed by atoms with Gasteiger partial charge in [-0.15, -0.1) is 0 Å². The zero-order valence-corrected chi connectivity index (χ0v) is 8.76. The minimum absolute atomic E-state index is 0.522. The first-order valence-corrected chi connectivity index (χ1v) is 5.36. The molecule has 2 aromatic heterocycles. The monoisotopic (exact) mass is 216 g/mol.